The maximum atomic E-state index is 14.0. The summed E-state index contributed by atoms with van der Waals surface area (Å²) in [6.07, 6.45) is 1.45. The van der Waals surface area contributed by atoms with Crippen LogP contribution >= 0.6 is 0 Å². The van der Waals surface area contributed by atoms with E-state index < -0.39 is 16.9 Å². The fourth-order valence-electron chi connectivity index (χ4n) is 4.42. The van der Waals surface area contributed by atoms with Crippen LogP contribution in [-0.2, 0) is 13.1 Å². The van der Waals surface area contributed by atoms with Crippen LogP contribution < -0.4 is 15.0 Å². The molecule has 0 unspecified atom stereocenters. The third-order valence-corrected chi connectivity index (χ3v) is 5.93. The maximum Gasteiger partial charge on any atom is 0.318 e. The van der Waals surface area contributed by atoms with E-state index in [-0.39, 0.29) is 25.6 Å². The molecule has 28 heavy (non-hydrogen) atoms. The predicted molar refractivity (Wildman–Crippen MR) is 101 cm³/mol. The Kier molecular flexibility index (Phi) is 4.75. The van der Waals surface area contributed by atoms with Gasteiger partial charge in [-0.05, 0) is 33.9 Å². The Balaban J connectivity index is 1.56. The Morgan fingerprint density at radius 2 is 2.04 bits per heavy atom. The number of β-amino-alcohol motifs (C(OH)–C–C–N with tert-alkyl or cyclic N) is 1. The number of rotatable bonds is 6. The van der Waals surface area contributed by atoms with Gasteiger partial charge in [0, 0.05) is 44.7 Å². The second-order valence-electron chi connectivity index (χ2n) is 9.07. The minimum Gasteiger partial charge on any atom is -0.463 e. The van der Waals surface area contributed by atoms with Gasteiger partial charge in [-0.2, -0.15) is 9.97 Å². The first-order valence-corrected chi connectivity index (χ1v) is 9.84. The van der Waals surface area contributed by atoms with Crippen molar-refractivity contribution in [3.05, 3.63) is 11.3 Å². The molecule has 156 valence electrons. The van der Waals surface area contributed by atoms with Gasteiger partial charge in [-0.1, -0.05) is 0 Å². The number of fused-ring (bicyclic) bond motifs is 1. The molecule has 7 nitrogen and oxygen atoms in total. The zero-order chi connectivity index (χ0) is 20.2. The number of nitrogens with one attached hydrogen (secondary N) is 1. The molecule has 3 heterocycles. The van der Waals surface area contributed by atoms with Crippen LogP contribution in [0.4, 0.5) is 14.6 Å². The number of anilines is 1. The van der Waals surface area contributed by atoms with E-state index in [0.717, 1.165) is 36.5 Å². The second-order valence-corrected chi connectivity index (χ2v) is 9.07. The van der Waals surface area contributed by atoms with E-state index in [9.17, 15) is 13.9 Å². The number of piperidine rings is 1. The molecule has 3 aliphatic rings. The molecule has 0 aromatic carbocycles. The van der Waals surface area contributed by atoms with Crippen molar-refractivity contribution < 1.29 is 18.6 Å². The quantitative estimate of drug-likeness (QED) is 0.752. The summed E-state index contributed by atoms with van der Waals surface area (Å²) in [4.78, 5) is 12.9. The lowest BCUT2D eigenvalue weighted by atomic mass is 9.95. The van der Waals surface area contributed by atoms with Crippen LogP contribution in [0.25, 0.3) is 0 Å². The van der Waals surface area contributed by atoms with E-state index in [1.807, 2.05) is 6.92 Å². The van der Waals surface area contributed by atoms with Crippen molar-refractivity contribution in [1.29, 1.82) is 0 Å². The highest BCUT2D eigenvalue weighted by Crippen LogP contribution is 2.60. The number of halogens is 2. The van der Waals surface area contributed by atoms with Gasteiger partial charge in [0.25, 0.3) is 5.92 Å². The summed E-state index contributed by atoms with van der Waals surface area (Å²) in [5, 5.41) is 13.7. The standard InChI is InChI=1S/C19H29F2N5O2/c1-17(27)5-4-6-26(10-17)15-13-7-22-8-14(13)23-16(24-15)28-12-18(11-25(2)3)9-19(18,20)21/h22,27H,4-12H2,1-3H3/t17-,18-/m1/s1. The third-order valence-electron chi connectivity index (χ3n) is 5.93. The highest BCUT2D eigenvalue weighted by molar-refractivity contribution is 5.52. The van der Waals surface area contributed by atoms with Gasteiger partial charge < -0.3 is 25.0 Å². The molecular weight excluding hydrogens is 368 g/mol. The molecule has 0 bridgehead atoms. The lowest BCUT2D eigenvalue weighted by Gasteiger charge is -2.38. The lowest BCUT2D eigenvalue weighted by Crippen LogP contribution is -2.46. The fraction of sp³-hybridized carbons (Fsp3) is 0.789. The van der Waals surface area contributed by atoms with Gasteiger partial charge in [0.05, 0.1) is 16.7 Å². The van der Waals surface area contributed by atoms with Crippen LogP contribution in [0.15, 0.2) is 0 Å². The van der Waals surface area contributed by atoms with Gasteiger partial charge in [-0.3, -0.25) is 0 Å². The Labute approximate surface area is 164 Å². The number of nitrogens with zero attached hydrogens (tertiary/aromatic N) is 4. The summed E-state index contributed by atoms with van der Waals surface area (Å²) in [7, 11) is 3.57. The largest absolute Gasteiger partial charge is 0.463 e. The van der Waals surface area contributed by atoms with Crippen LogP contribution in [0, 0.1) is 5.41 Å². The molecule has 0 amide bonds. The lowest BCUT2D eigenvalue weighted by molar-refractivity contribution is 0.0286. The molecule has 9 heteroatoms. The molecule has 2 N–H and O–H groups in total. The van der Waals surface area contributed by atoms with Crippen LogP contribution in [0.1, 0.15) is 37.4 Å². The Morgan fingerprint density at radius 3 is 2.68 bits per heavy atom. The Bertz CT molecular complexity index is 758. The van der Waals surface area contributed by atoms with Crippen molar-refractivity contribution >= 4 is 5.82 Å². The number of hydrogen-bond donors (Lipinski definition) is 2. The molecule has 0 radical (unpaired) electrons. The van der Waals surface area contributed by atoms with Gasteiger partial charge in [0.2, 0.25) is 0 Å². The Hall–Kier alpha value is -1.58. The van der Waals surface area contributed by atoms with Gasteiger partial charge in [-0.25, -0.2) is 8.78 Å². The summed E-state index contributed by atoms with van der Waals surface area (Å²) in [5.74, 6) is -1.97. The first-order chi connectivity index (χ1) is 13.1. The van der Waals surface area contributed by atoms with E-state index in [1.54, 1.807) is 19.0 Å². The second kappa shape index (κ2) is 6.74. The number of aliphatic hydroxyl groups is 1. The molecule has 2 fully saturated rings. The van der Waals surface area contributed by atoms with Crippen molar-refractivity contribution in [2.45, 2.75) is 50.8 Å². The van der Waals surface area contributed by atoms with Gasteiger partial charge in [0.15, 0.2) is 0 Å². The van der Waals surface area contributed by atoms with E-state index in [1.165, 1.54) is 0 Å². The van der Waals surface area contributed by atoms with Crippen molar-refractivity contribution in [1.82, 2.24) is 20.2 Å². The molecule has 1 aromatic rings. The topological polar surface area (TPSA) is 73.8 Å². The summed E-state index contributed by atoms with van der Waals surface area (Å²) < 4.78 is 33.7. The molecule has 0 spiro atoms. The van der Waals surface area contributed by atoms with Gasteiger partial charge >= 0.3 is 6.01 Å². The van der Waals surface area contributed by atoms with Gasteiger partial charge in [0.1, 0.15) is 12.4 Å². The highest BCUT2D eigenvalue weighted by atomic mass is 19.3. The summed E-state index contributed by atoms with van der Waals surface area (Å²) >= 11 is 0. The minimum atomic E-state index is -2.72. The SMILES string of the molecule is CN(C)C[C@@]1(COc2nc3c(c(N4CCC[C@@](C)(O)C4)n2)CNC3)CC1(F)F. The Morgan fingerprint density at radius 1 is 1.29 bits per heavy atom. The average molecular weight is 397 g/mol. The maximum absolute atomic E-state index is 14.0. The van der Waals surface area contributed by atoms with Crippen molar-refractivity contribution in [2.75, 3.05) is 45.2 Å². The highest BCUT2D eigenvalue weighted by Gasteiger charge is 2.71. The molecule has 2 atom stereocenters. The number of hydrogen-bond acceptors (Lipinski definition) is 7. The van der Waals surface area contributed by atoms with Crippen LogP contribution in [-0.4, -0.2) is 71.8 Å². The average Bonchev–Trinajstić information content (AvgIpc) is 2.93. The molecule has 1 aromatic heterocycles. The monoisotopic (exact) mass is 397 g/mol. The zero-order valence-corrected chi connectivity index (χ0v) is 16.8. The minimum absolute atomic E-state index is 0.110. The zero-order valence-electron chi connectivity index (χ0n) is 16.8. The van der Waals surface area contributed by atoms with Crippen molar-refractivity contribution in [2.24, 2.45) is 5.41 Å². The first kappa shape index (κ1) is 19.7. The molecule has 2 aliphatic heterocycles. The summed E-state index contributed by atoms with van der Waals surface area (Å²) in [6.45, 7) is 4.52. The van der Waals surface area contributed by atoms with E-state index in [2.05, 4.69) is 20.2 Å². The smallest absolute Gasteiger partial charge is 0.318 e. The summed E-state index contributed by atoms with van der Waals surface area (Å²) in [5.41, 5.74) is -0.0969. The number of alkyl halides is 2. The molecule has 1 aliphatic carbocycles. The van der Waals surface area contributed by atoms with Crippen LogP contribution in [0.5, 0.6) is 6.01 Å². The van der Waals surface area contributed by atoms with Crippen LogP contribution in [0.3, 0.4) is 0 Å². The molecular formula is C19H29F2N5O2. The van der Waals surface area contributed by atoms with Crippen molar-refractivity contribution in [3.63, 3.8) is 0 Å². The van der Waals surface area contributed by atoms with Crippen LogP contribution in [0.2, 0.25) is 0 Å². The van der Waals surface area contributed by atoms with Crippen molar-refractivity contribution in [3.8, 4) is 6.01 Å². The predicted octanol–water partition coefficient (Wildman–Crippen LogP) is 1.40. The van der Waals surface area contributed by atoms with E-state index >= 15 is 0 Å². The third kappa shape index (κ3) is 3.67. The molecule has 4 rings (SSSR count). The van der Waals surface area contributed by atoms with E-state index in [0.29, 0.717) is 19.6 Å². The fourth-order valence-corrected chi connectivity index (χ4v) is 4.42. The van der Waals surface area contributed by atoms with E-state index in [4.69, 9.17) is 4.74 Å². The first-order valence-electron chi connectivity index (χ1n) is 9.84. The normalized spacial score (nSPS) is 31.2. The molecule has 1 saturated carbocycles. The summed E-state index contributed by atoms with van der Waals surface area (Å²) in [6, 6.07) is 0.142. The number of aromatic nitrogens is 2. The molecule has 1 saturated heterocycles. The number of ether oxygens (including phenoxy) is 1. The van der Waals surface area contributed by atoms with Gasteiger partial charge in [-0.15, -0.1) is 0 Å².